The normalized spacial score (nSPS) is 21.4. The average molecular weight is 353 g/mol. The van der Waals surface area contributed by atoms with Crippen molar-refractivity contribution in [3.63, 3.8) is 0 Å². The van der Waals surface area contributed by atoms with E-state index in [1.165, 1.54) is 11.3 Å². The zero-order chi connectivity index (χ0) is 16.9. The van der Waals surface area contributed by atoms with Crippen LogP contribution in [0.2, 0.25) is 0 Å². The van der Waals surface area contributed by atoms with E-state index in [4.69, 9.17) is 4.74 Å². The van der Waals surface area contributed by atoms with E-state index in [0.29, 0.717) is 31.2 Å². The van der Waals surface area contributed by atoms with Crippen LogP contribution in [0, 0.1) is 5.92 Å². The van der Waals surface area contributed by atoms with E-state index in [1.54, 1.807) is 12.0 Å². The van der Waals surface area contributed by atoms with Crippen LogP contribution >= 0.6 is 11.3 Å². The van der Waals surface area contributed by atoms with E-state index in [9.17, 15) is 9.59 Å². The van der Waals surface area contributed by atoms with E-state index < -0.39 is 0 Å². The first kappa shape index (κ1) is 17.1. The van der Waals surface area contributed by atoms with Crippen molar-refractivity contribution in [3.8, 4) is 0 Å². The number of anilines is 2. The molecular weight excluding hydrogens is 330 g/mol. The molecule has 0 radical (unpaired) electrons. The maximum absolute atomic E-state index is 12.2. The van der Waals surface area contributed by atoms with Crippen molar-refractivity contribution in [1.29, 1.82) is 0 Å². The first-order chi connectivity index (χ1) is 11.7. The molecule has 2 amide bonds. The maximum Gasteiger partial charge on any atom is 0.228 e. The zero-order valence-electron chi connectivity index (χ0n) is 13.9. The van der Waals surface area contributed by atoms with Gasteiger partial charge in [0.15, 0.2) is 0 Å². The molecule has 1 unspecified atom stereocenters. The van der Waals surface area contributed by atoms with Crippen LogP contribution in [0.25, 0.3) is 0 Å². The van der Waals surface area contributed by atoms with Gasteiger partial charge in [-0.2, -0.15) is 0 Å². The molecule has 0 bridgehead atoms. The Balaban J connectivity index is 1.59. The summed E-state index contributed by atoms with van der Waals surface area (Å²) in [7, 11) is 1.62. The number of carbonyl (C=O) groups is 2. The quantitative estimate of drug-likeness (QED) is 0.756. The van der Waals surface area contributed by atoms with Gasteiger partial charge in [0.1, 0.15) is 0 Å². The summed E-state index contributed by atoms with van der Waals surface area (Å²) in [5.74, 6) is 0.138. The Bertz CT molecular complexity index is 593. The minimum Gasteiger partial charge on any atom is -0.383 e. The lowest BCUT2D eigenvalue weighted by Gasteiger charge is -2.31. The van der Waals surface area contributed by atoms with Crippen molar-refractivity contribution in [2.75, 3.05) is 49.7 Å². The van der Waals surface area contributed by atoms with Gasteiger partial charge in [0.2, 0.25) is 22.1 Å². The van der Waals surface area contributed by atoms with Gasteiger partial charge >= 0.3 is 0 Å². The second-order valence-corrected chi connectivity index (χ2v) is 7.02. The number of aromatic nitrogens is 2. The van der Waals surface area contributed by atoms with Gasteiger partial charge in [-0.25, -0.2) is 0 Å². The molecule has 2 saturated heterocycles. The summed E-state index contributed by atoms with van der Waals surface area (Å²) in [5, 5.41) is 12.8. The molecule has 0 aliphatic carbocycles. The Morgan fingerprint density at radius 2 is 2.17 bits per heavy atom. The van der Waals surface area contributed by atoms with Crippen molar-refractivity contribution >= 4 is 33.4 Å². The largest absolute Gasteiger partial charge is 0.383 e. The molecule has 1 atom stereocenters. The van der Waals surface area contributed by atoms with Gasteiger partial charge < -0.3 is 15.0 Å². The van der Waals surface area contributed by atoms with Gasteiger partial charge in [0.05, 0.1) is 12.5 Å². The van der Waals surface area contributed by atoms with Gasteiger partial charge in [-0.05, 0) is 19.3 Å². The predicted octanol–water partition coefficient (Wildman–Crippen LogP) is 0.644. The monoisotopic (exact) mass is 353 g/mol. The first-order valence-corrected chi connectivity index (χ1v) is 9.16. The van der Waals surface area contributed by atoms with Crippen molar-refractivity contribution in [3.05, 3.63) is 0 Å². The molecule has 0 saturated carbocycles. The number of amides is 2. The van der Waals surface area contributed by atoms with Crippen LogP contribution in [0.4, 0.5) is 10.3 Å². The number of nitrogens with one attached hydrogen (secondary N) is 1. The van der Waals surface area contributed by atoms with E-state index in [0.717, 1.165) is 37.5 Å². The molecule has 24 heavy (non-hydrogen) atoms. The summed E-state index contributed by atoms with van der Waals surface area (Å²) in [4.78, 5) is 27.9. The van der Waals surface area contributed by atoms with E-state index in [1.807, 2.05) is 0 Å². The summed E-state index contributed by atoms with van der Waals surface area (Å²) >= 11 is 1.43. The van der Waals surface area contributed by atoms with Crippen LogP contribution in [0.3, 0.4) is 0 Å². The number of piperidine rings is 1. The van der Waals surface area contributed by atoms with Gasteiger partial charge in [-0.1, -0.05) is 11.3 Å². The Morgan fingerprint density at radius 3 is 2.92 bits per heavy atom. The van der Waals surface area contributed by atoms with Crippen molar-refractivity contribution in [2.24, 2.45) is 5.92 Å². The fourth-order valence-corrected chi connectivity index (χ4v) is 4.01. The summed E-state index contributed by atoms with van der Waals surface area (Å²) in [5.41, 5.74) is 0. The number of carbonyl (C=O) groups excluding carboxylic acids is 2. The number of hydrogen-bond acceptors (Lipinski definition) is 7. The van der Waals surface area contributed by atoms with E-state index >= 15 is 0 Å². The highest BCUT2D eigenvalue weighted by Gasteiger charge is 2.29. The van der Waals surface area contributed by atoms with Crippen LogP contribution < -0.4 is 15.1 Å². The highest BCUT2D eigenvalue weighted by Crippen LogP contribution is 2.32. The van der Waals surface area contributed by atoms with Crippen molar-refractivity contribution in [2.45, 2.75) is 25.7 Å². The van der Waals surface area contributed by atoms with Crippen LogP contribution in [-0.4, -0.2) is 61.9 Å². The molecule has 1 N–H and O–H groups in total. The van der Waals surface area contributed by atoms with Gasteiger partial charge in [0.25, 0.3) is 0 Å². The summed E-state index contributed by atoms with van der Waals surface area (Å²) in [6.07, 6.45) is 3.29. The molecule has 2 aliphatic rings. The number of ether oxygens (including phenoxy) is 1. The second-order valence-electron chi connectivity index (χ2n) is 6.09. The third-order valence-electron chi connectivity index (χ3n) is 4.38. The van der Waals surface area contributed by atoms with Crippen molar-refractivity contribution < 1.29 is 14.3 Å². The van der Waals surface area contributed by atoms with Crippen LogP contribution in [0.5, 0.6) is 0 Å². The fraction of sp³-hybridized carbons (Fsp3) is 0.733. The molecular formula is C15H23N5O3S. The molecule has 132 valence electrons. The topological polar surface area (TPSA) is 87.7 Å². The van der Waals surface area contributed by atoms with Gasteiger partial charge in [-0.3, -0.25) is 14.5 Å². The lowest BCUT2D eigenvalue weighted by Crippen LogP contribution is -2.43. The molecule has 1 aromatic heterocycles. The standard InChI is InChI=1S/C15H23N5O3S/c1-23-9-6-16-13(22)11-4-2-7-19(10-11)14-17-18-15(24-14)20-8-3-5-12(20)21/h11H,2-10H2,1H3,(H,16,22). The molecule has 0 aromatic carbocycles. The molecule has 1 aromatic rings. The first-order valence-electron chi connectivity index (χ1n) is 8.34. The van der Waals surface area contributed by atoms with Crippen LogP contribution in [0.1, 0.15) is 25.7 Å². The number of nitrogens with zero attached hydrogens (tertiary/aromatic N) is 4. The van der Waals surface area contributed by atoms with Crippen molar-refractivity contribution in [1.82, 2.24) is 15.5 Å². The van der Waals surface area contributed by atoms with Gasteiger partial charge in [0, 0.05) is 39.7 Å². The van der Waals surface area contributed by atoms with Gasteiger partial charge in [-0.15, -0.1) is 10.2 Å². The minimum absolute atomic E-state index is 0.0450. The molecule has 0 spiro atoms. The Kier molecular flexibility index (Phi) is 5.62. The highest BCUT2D eigenvalue weighted by atomic mass is 32.1. The third-order valence-corrected chi connectivity index (χ3v) is 5.38. The number of rotatable bonds is 6. The third kappa shape index (κ3) is 3.84. The average Bonchev–Trinajstić information content (AvgIpc) is 3.24. The molecule has 9 heteroatoms. The molecule has 3 rings (SSSR count). The van der Waals surface area contributed by atoms with E-state index in [2.05, 4.69) is 20.4 Å². The molecule has 8 nitrogen and oxygen atoms in total. The SMILES string of the molecule is COCCNC(=O)C1CCCN(c2nnc(N3CCCC3=O)s2)C1. The molecule has 2 aliphatic heterocycles. The number of methoxy groups -OCH3 is 1. The lowest BCUT2D eigenvalue weighted by molar-refractivity contribution is -0.125. The van der Waals surface area contributed by atoms with E-state index in [-0.39, 0.29) is 17.7 Å². The molecule has 3 heterocycles. The Morgan fingerprint density at radius 1 is 1.33 bits per heavy atom. The number of hydrogen-bond donors (Lipinski definition) is 1. The fourth-order valence-electron chi connectivity index (χ4n) is 3.08. The Labute approximate surface area is 145 Å². The smallest absolute Gasteiger partial charge is 0.228 e. The maximum atomic E-state index is 12.2. The van der Waals surface area contributed by atoms with Crippen LogP contribution in [-0.2, 0) is 14.3 Å². The summed E-state index contributed by atoms with van der Waals surface area (Å²) in [6, 6.07) is 0. The predicted molar refractivity (Wildman–Crippen MR) is 91.3 cm³/mol. The van der Waals surface area contributed by atoms with Crippen LogP contribution in [0.15, 0.2) is 0 Å². The molecule has 2 fully saturated rings. The summed E-state index contributed by atoms with van der Waals surface area (Å²) < 4.78 is 4.96. The highest BCUT2D eigenvalue weighted by molar-refractivity contribution is 7.19. The zero-order valence-corrected chi connectivity index (χ0v) is 14.7. The summed E-state index contributed by atoms with van der Waals surface area (Å²) in [6.45, 7) is 3.28. The minimum atomic E-state index is -0.0450. The second kappa shape index (κ2) is 7.89. The lowest BCUT2D eigenvalue weighted by atomic mass is 9.97. The Hall–Kier alpha value is -1.74.